The lowest BCUT2D eigenvalue weighted by molar-refractivity contribution is -0.123. The van der Waals surface area contributed by atoms with E-state index in [-0.39, 0.29) is 17.9 Å². The largest absolute Gasteiger partial charge is 0.488 e. The normalized spacial score (nSPS) is 11.3. The zero-order valence-corrected chi connectivity index (χ0v) is 12.5. The highest BCUT2D eigenvalue weighted by molar-refractivity contribution is 5.96. The first kappa shape index (κ1) is 16.9. The summed E-state index contributed by atoms with van der Waals surface area (Å²) >= 11 is 0. The van der Waals surface area contributed by atoms with Crippen LogP contribution in [0.25, 0.3) is 0 Å². The minimum Gasteiger partial charge on any atom is -0.488 e. The van der Waals surface area contributed by atoms with Crippen molar-refractivity contribution >= 4 is 5.91 Å². The van der Waals surface area contributed by atoms with Gasteiger partial charge in [0.1, 0.15) is 24.7 Å². The Morgan fingerprint density at radius 2 is 2.00 bits per heavy atom. The van der Waals surface area contributed by atoms with Crippen molar-refractivity contribution in [3.8, 4) is 5.75 Å². The fourth-order valence-electron chi connectivity index (χ4n) is 1.91. The lowest BCUT2D eigenvalue weighted by Crippen LogP contribution is -2.33. The summed E-state index contributed by atoms with van der Waals surface area (Å²) in [6.07, 6.45) is -4.47. The third-order valence-corrected chi connectivity index (χ3v) is 3.13. The number of alkyl halides is 3. The smallest absolute Gasteiger partial charge is 0.405 e. The van der Waals surface area contributed by atoms with Crippen molar-refractivity contribution in [1.82, 2.24) is 10.5 Å². The maximum absolute atomic E-state index is 12.2. The monoisotopic (exact) mass is 328 g/mol. The Kier molecular flexibility index (Phi) is 4.92. The van der Waals surface area contributed by atoms with Gasteiger partial charge in [0.05, 0.1) is 16.8 Å². The van der Waals surface area contributed by atoms with Crippen LogP contribution in [0.15, 0.2) is 28.8 Å². The van der Waals surface area contributed by atoms with E-state index in [4.69, 9.17) is 9.26 Å². The van der Waals surface area contributed by atoms with Crippen molar-refractivity contribution in [1.29, 1.82) is 0 Å². The molecule has 5 nitrogen and oxygen atoms in total. The summed E-state index contributed by atoms with van der Waals surface area (Å²) in [4.78, 5) is 11.9. The van der Waals surface area contributed by atoms with Gasteiger partial charge in [-0.3, -0.25) is 4.79 Å². The molecule has 0 spiro atoms. The summed E-state index contributed by atoms with van der Waals surface area (Å²) in [6.45, 7) is 2.17. The molecule has 0 saturated heterocycles. The summed E-state index contributed by atoms with van der Waals surface area (Å²) in [5, 5.41) is 5.60. The standard InChI is InChI=1S/C15H15F3N2O3/c1-9-12(10(2)23-20-9)7-22-13-6-4-3-5-11(13)14(21)19-8-15(16,17)18/h3-6H,7-8H2,1-2H3,(H,19,21). The average molecular weight is 328 g/mol. The van der Waals surface area contributed by atoms with Crippen LogP contribution in [0.3, 0.4) is 0 Å². The van der Waals surface area contributed by atoms with Gasteiger partial charge in [-0.15, -0.1) is 0 Å². The van der Waals surface area contributed by atoms with Gasteiger partial charge in [-0.05, 0) is 26.0 Å². The van der Waals surface area contributed by atoms with Crippen LogP contribution < -0.4 is 10.1 Å². The first-order chi connectivity index (χ1) is 10.8. The molecule has 0 aliphatic rings. The van der Waals surface area contributed by atoms with Crippen molar-refractivity contribution in [3.05, 3.63) is 46.8 Å². The number of hydrogen-bond acceptors (Lipinski definition) is 4. The number of aryl methyl sites for hydroxylation is 2. The van der Waals surface area contributed by atoms with Gasteiger partial charge < -0.3 is 14.6 Å². The number of aromatic nitrogens is 1. The quantitative estimate of drug-likeness (QED) is 0.916. The first-order valence-electron chi connectivity index (χ1n) is 6.76. The number of amides is 1. The van der Waals surface area contributed by atoms with Crippen LogP contribution >= 0.6 is 0 Å². The predicted octanol–water partition coefficient (Wildman–Crippen LogP) is 3.16. The highest BCUT2D eigenvalue weighted by atomic mass is 19.4. The number of nitrogens with one attached hydrogen (secondary N) is 1. The zero-order chi connectivity index (χ0) is 17.0. The van der Waals surface area contributed by atoms with Crippen LogP contribution in [0.4, 0.5) is 13.2 Å². The molecule has 2 rings (SSSR count). The molecular formula is C15H15F3N2O3. The van der Waals surface area contributed by atoms with Crippen molar-refractivity contribution in [3.63, 3.8) is 0 Å². The van der Waals surface area contributed by atoms with Crippen molar-refractivity contribution in [2.45, 2.75) is 26.6 Å². The van der Waals surface area contributed by atoms with Crippen LogP contribution in [-0.4, -0.2) is 23.8 Å². The van der Waals surface area contributed by atoms with E-state index < -0.39 is 18.6 Å². The molecule has 8 heteroatoms. The highest BCUT2D eigenvalue weighted by Gasteiger charge is 2.28. The van der Waals surface area contributed by atoms with E-state index in [2.05, 4.69) is 5.16 Å². The summed E-state index contributed by atoms with van der Waals surface area (Å²) in [5.74, 6) is -0.0784. The maximum atomic E-state index is 12.2. The Labute approximate surface area is 130 Å². The molecule has 2 aromatic rings. The van der Waals surface area contributed by atoms with Gasteiger partial charge in [-0.1, -0.05) is 17.3 Å². The van der Waals surface area contributed by atoms with Crippen LogP contribution in [0.5, 0.6) is 5.75 Å². The van der Waals surface area contributed by atoms with E-state index in [9.17, 15) is 18.0 Å². The Hall–Kier alpha value is -2.51. The molecule has 0 aliphatic carbocycles. The Balaban J connectivity index is 2.10. The number of hydrogen-bond donors (Lipinski definition) is 1. The SMILES string of the molecule is Cc1noc(C)c1COc1ccccc1C(=O)NCC(F)(F)F. The van der Waals surface area contributed by atoms with Gasteiger partial charge in [0.15, 0.2) is 0 Å². The van der Waals surface area contributed by atoms with E-state index in [0.717, 1.165) is 5.56 Å². The molecule has 0 bridgehead atoms. The molecule has 0 unspecified atom stereocenters. The minimum atomic E-state index is -4.47. The van der Waals surface area contributed by atoms with Gasteiger partial charge >= 0.3 is 6.18 Å². The summed E-state index contributed by atoms with van der Waals surface area (Å²) < 4.78 is 47.1. The summed E-state index contributed by atoms with van der Waals surface area (Å²) in [7, 11) is 0. The Morgan fingerprint density at radius 1 is 1.30 bits per heavy atom. The second-order valence-corrected chi connectivity index (χ2v) is 4.89. The molecule has 124 valence electrons. The lowest BCUT2D eigenvalue weighted by atomic mass is 10.2. The number of ether oxygens (including phenoxy) is 1. The van der Waals surface area contributed by atoms with Gasteiger partial charge in [0.2, 0.25) is 0 Å². The molecule has 0 aliphatic heterocycles. The number of benzene rings is 1. The molecule has 1 N–H and O–H groups in total. The second kappa shape index (κ2) is 6.72. The molecular weight excluding hydrogens is 313 g/mol. The Morgan fingerprint density at radius 3 is 2.61 bits per heavy atom. The maximum Gasteiger partial charge on any atom is 0.405 e. The van der Waals surface area contributed by atoms with Crippen LogP contribution in [0, 0.1) is 13.8 Å². The predicted molar refractivity (Wildman–Crippen MR) is 75.1 cm³/mol. The van der Waals surface area contributed by atoms with E-state index >= 15 is 0 Å². The fraction of sp³-hybridized carbons (Fsp3) is 0.333. The first-order valence-corrected chi connectivity index (χ1v) is 6.76. The van der Waals surface area contributed by atoms with Crippen molar-refractivity contribution in [2.75, 3.05) is 6.54 Å². The fourth-order valence-corrected chi connectivity index (χ4v) is 1.91. The molecule has 0 saturated carbocycles. The van der Waals surface area contributed by atoms with E-state index in [0.29, 0.717) is 11.5 Å². The zero-order valence-electron chi connectivity index (χ0n) is 12.5. The third kappa shape index (κ3) is 4.48. The lowest BCUT2D eigenvalue weighted by Gasteiger charge is -2.12. The number of carbonyl (C=O) groups excluding carboxylic acids is 1. The van der Waals surface area contributed by atoms with Gasteiger partial charge in [-0.25, -0.2) is 0 Å². The second-order valence-electron chi connectivity index (χ2n) is 4.89. The number of para-hydroxylation sites is 1. The number of halogens is 3. The molecule has 0 atom stereocenters. The molecule has 1 amide bonds. The number of nitrogens with zero attached hydrogens (tertiary/aromatic N) is 1. The van der Waals surface area contributed by atoms with Crippen molar-refractivity contribution in [2.24, 2.45) is 0 Å². The molecule has 1 aromatic heterocycles. The van der Waals surface area contributed by atoms with Gasteiger partial charge in [0.25, 0.3) is 5.91 Å². The Bertz CT molecular complexity index is 676. The van der Waals surface area contributed by atoms with E-state index in [1.165, 1.54) is 12.1 Å². The molecule has 0 radical (unpaired) electrons. The minimum absolute atomic E-state index is 0.0310. The molecule has 1 heterocycles. The average Bonchev–Trinajstić information content (AvgIpc) is 2.81. The molecule has 1 aromatic carbocycles. The van der Waals surface area contributed by atoms with E-state index in [1.807, 2.05) is 5.32 Å². The van der Waals surface area contributed by atoms with Crippen LogP contribution in [0.1, 0.15) is 27.4 Å². The van der Waals surface area contributed by atoms with Crippen molar-refractivity contribution < 1.29 is 27.2 Å². The van der Waals surface area contributed by atoms with Gasteiger partial charge in [0, 0.05) is 0 Å². The summed E-state index contributed by atoms with van der Waals surface area (Å²) in [5.41, 5.74) is 1.42. The number of rotatable bonds is 5. The highest BCUT2D eigenvalue weighted by Crippen LogP contribution is 2.22. The van der Waals surface area contributed by atoms with Crippen LogP contribution in [0.2, 0.25) is 0 Å². The van der Waals surface area contributed by atoms with E-state index in [1.54, 1.807) is 26.0 Å². The number of carbonyl (C=O) groups is 1. The molecule has 0 fully saturated rings. The molecule has 23 heavy (non-hydrogen) atoms. The van der Waals surface area contributed by atoms with Crippen LogP contribution in [-0.2, 0) is 6.61 Å². The van der Waals surface area contributed by atoms with Gasteiger partial charge in [-0.2, -0.15) is 13.2 Å². The topological polar surface area (TPSA) is 64.4 Å². The third-order valence-electron chi connectivity index (χ3n) is 3.13. The summed E-state index contributed by atoms with van der Waals surface area (Å²) in [6, 6.07) is 6.09.